The minimum atomic E-state index is 0.452. The highest BCUT2D eigenvalue weighted by Gasteiger charge is 2.36. The van der Waals surface area contributed by atoms with Crippen LogP contribution in [-0.4, -0.2) is 17.6 Å². The fourth-order valence-corrected chi connectivity index (χ4v) is 4.54. The van der Waals surface area contributed by atoms with E-state index in [-0.39, 0.29) is 0 Å². The van der Waals surface area contributed by atoms with Gasteiger partial charge < -0.3 is 5.32 Å². The standard InChI is InChI=1S/C17H24N2S/c1-3-18-15(17(2)10-6-7-11-17)12-16-19-13-8-4-5-9-14(13)20-16/h4-5,8-9,15,18H,3,6-7,10-12H2,1-2H3. The van der Waals surface area contributed by atoms with Crippen LogP contribution in [0.4, 0.5) is 0 Å². The lowest BCUT2D eigenvalue weighted by atomic mass is 9.79. The van der Waals surface area contributed by atoms with Crippen LogP contribution in [0.25, 0.3) is 10.2 Å². The summed E-state index contributed by atoms with van der Waals surface area (Å²) < 4.78 is 1.31. The minimum absolute atomic E-state index is 0.452. The summed E-state index contributed by atoms with van der Waals surface area (Å²) in [6.45, 7) is 5.72. The van der Waals surface area contributed by atoms with Crippen LogP contribution in [0.2, 0.25) is 0 Å². The molecule has 20 heavy (non-hydrogen) atoms. The van der Waals surface area contributed by atoms with Crippen LogP contribution >= 0.6 is 11.3 Å². The van der Waals surface area contributed by atoms with Crippen molar-refractivity contribution in [3.05, 3.63) is 29.3 Å². The van der Waals surface area contributed by atoms with E-state index in [0.29, 0.717) is 11.5 Å². The number of thiazole rings is 1. The molecule has 1 aliphatic rings. The van der Waals surface area contributed by atoms with Gasteiger partial charge in [0.15, 0.2) is 0 Å². The molecule has 3 rings (SSSR count). The zero-order valence-corrected chi connectivity index (χ0v) is 13.3. The van der Waals surface area contributed by atoms with Crippen LogP contribution in [0.3, 0.4) is 0 Å². The largest absolute Gasteiger partial charge is 0.313 e. The van der Waals surface area contributed by atoms with E-state index in [1.54, 1.807) is 0 Å². The Balaban J connectivity index is 1.82. The molecule has 1 saturated carbocycles. The molecule has 1 aliphatic carbocycles. The highest BCUT2D eigenvalue weighted by Crippen LogP contribution is 2.42. The van der Waals surface area contributed by atoms with E-state index in [0.717, 1.165) is 18.5 Å². The van der Waals surface area contributed by atoms with Crippen LogP contribution in [0.5, 0.6) is 0 Å². The Morgan fingerprint density at radius 3 is 2.75 bits per heavy atom. The van der Waals surface area contributed by atoms with Crippen molar-refractivity contribution >= 4 is 21.6 Å². The summed E-state index contributed by atoms with van der Waals surface area (Å²) in [5, 5.41) is 5.01. The minimum Gasteiger partial charge on any atom is -0.313 e. The fourth-order valence-electron chi connectivity index (χ4n) is 3.52. The Hall–Kier alpha value is -0.930. The Morgan fingerprint density at radius 1 is 1.30 bits per heavy atom. The van der Waals surface area contributed by atoms with E-state index in [4.69, 9.17) is 4.98 Å². The van der Waals surface area contributed by atoms with Gasteiger partial charge in [-0.25, -0.2) is 4.98 Å². The third-order valence-corrected chi connectivity index (χ3v) is 5.81. The smallest absolute Gasteiger partial charge is 0.0954 e. The van der Waals surface area contributed by atoms with Crippen molar-refractivity contribution in [2.45, 2.75) is 52.0 Å². The molecule has 1 unspecified atom stereocenters. The molecule has 1 N–H and O–H groups in total. The van der Waals surface area contributed by atoms with Gasteiger partial charge in [-0.05, 0) is 36.9 Å². The summed E-state index contributed by atoms with van der Waals surface area (Å²) in [5.74, 6) is 0. The number of para-hydroxylation sites is 1. The van der Waals surface area contributed by atoms with Gasteiger partial charge in [-0.2, -0.15) is 0 Å². The first kappa shape index (κ1) is 14.0. The van der Waals surface area contributed by atoms with Crippen molar-refractivity contribution in [1.29, 1.82) is 0 Å². The molecule has 0 radical (unpaired) electrons. The molecule has 1 atom stereocenters. The molecule has 2 aromatic rings. The number of fused-ring (bicyclic) bond motifs is 1. The summed E-state index contributed by atoms with van der Waals surface area (Å²) in [4.78, 5) is 4.82. The molecule has 1 fully saturated rings. The highest BCUT2D eigenvalue weighted by molar-refractivity contribution is 7.18. The first-order valence-electron chi connectivity index (χ1n) is 7.79. The second-order valence-corrected chi connectivity index (χ2v) is 7.37. The average Bonchev–Trinajstić information content (AvgIpc) is 3.04. The Morgan fingerprint density at radius 2 is 2.05 bits per heavy atom. The number of benzene rings is 1. The third-order valence-electron chi connectivity index (χ3n) is 4.75. The lowest BCUT2D eigenvalue weighted by Crippen LogP contribution is -2.43. The van der Waals surface area contributed by atoms with E-state index in [9.17, 15) is 0 Å². The van der Waals surface area contributed by atoms with Crippen LogP contribution in [0.15, 0.2) is 24.3 Å². The zero-order valence-electron chi connectivity index (χ0n) is 12.5. The first-order valence-corrected chi connectivity index (χ1v) is 8.61. The van der Waals surface area contributed by atoms with E-state index < -0.39 is 0 Å². The van der Waals surface area contributed by atoms with Gasteiger partial charge in [0.05, 0.1) is 15.2 Å². The summed E-state index contributed by atoms with van der Waals surface area (Å²) >= 11 is 1.86. The maximum absolute atomic E-state index is 4.82. The summed E-state index contributed by atoms with van der Waals surface area (Å²) in [6, 6.07) is 9.04. The summed E-state index contributed by atoms with van der Waals surface area (Å²) in [6.07, 6.45) is 6.56. The molecular weight excluding hydrogens is 264 g/mol. The normalized spacial score (nSPS) is 19.5. The molecule has 108 valence electrons. The number of nitrogens with zero attached hydrogens (tertiary/aromatic N) is 1. The van der Waals surface area contributed by atoms with Crippen molar-refractivity contribution < 1.29 is 0 Å². The van der Waals surface area contributed by atoms with Gasteiger partial charge in [-0.3, -0.25) is 0 Å². The number of aromatic nitrogens is 1. The van der Waals surface area contributed by atoms with Crippen molar-refractivity contribution in [1.82, 2.24) is 10.3 Å². The molecule has 0 aliphatic heterocycles. The van der Waals surface area contributed by atoms with Crippen LogP contribution in [0.1, 0.15) is 44.5 Å². The second-order valence-electron chi connectivity index (χ2n) is 6.25. The molecule has 1 aromatic heterocycles. The summed E-state index contributed by atoms with van der Waals surface area (Å²) in [5.41, 5.74) is 1.60. The van der Waals surface area contributed by atoms with Crippen LogP contribution < -0.4 is 5.32 Å². The number of likely N-dealkylation sites (N-methyl/N-ethyl adjacent to an activating group) is 1. The van der Waals surface area contributed by atoms with Gasteiger partial charge in [0, 0.05) is 12.5 Å². The zero-order chi connectivity index (χ0) is 14.0. The lowest BCUT2D eigenvalue weighted by Gasteiger charge is -2.34. The van der Waals surface area contributed by atoms with Crippen LogP contribution in [0, 0.1) is 5.41 Å². The summed E-state index contributed by atoms with van der Waals surface area (Å²) in [7, 11) is 0. The van der Waals surface area contributed by atoms with Gasteiger partial charge in [-0.15, -0.1) is 11.3 Å². The Bertz CT molecular complexity index is 536. The van der Waals surface area contributed by atoms with E-state index in [2.05, 4.69) is 43.4 Å². The first-order chi connectivity index (χ1) is 9.71. The lowest BCUT2D eigenvalue weighted by molar-refractivity contribution is 0.222. The number of hydrogen-bond acceptors (Lipinski definition) is 3. The second kappa shape index (κ2) is 5.82. The van der Waals surface area contributed by atoms with Gasteiger partial charge in [0.1, 0.15) is 0 Å². The third kappa shape index (κ3) is 2.75. The van der Waals surface area contributed by atoms with Crippen molar-refractivity contribution in [2.24, 2.45) is 5.41 Å². The predicted molar refractivity (Wildman–Crippen MR) is 87.4 cm³/mol. The number of nitrogens with one attached hydrogen (secondary N) is 1. The monoisotopic (exact) mass is 288 g/mol. The number of rotatable bonds is 5. The molecular formula is C17H24N2S. The van der Waals surface area contributed by atoms with Crippen LogP contribution in [-0.2, 0) is 6.42 Å². The molecule has 0 bridgehead atoms. The van der Waals surface area contributed by atoms with Gasteiger partial charge >= 0.3 is 0 Å². The molecule has 0 amide bonds. The van der Waals surface area contributed by atoms with Crippen molar-refractivity contribution in [2.75, 3.05) is 6.54 Å². The van der Waals surface area contributed by atoms with E-state index in [1.165, 1.54) is 35.4 Å². The predicted octanol–water partition coefficient (Wildman–Crippen LogP) is 4.40. The van der Waals surface area contributed by atoms with Crippen molar-refractivity contribution in [3.63, 3.8) is 0 Å². The topological polar surface area (TPSA) is 24.9 Å². The maximum Gasteiger partial charge on any atom is 0.0954 e. The maximum atomic E-state index is 4.82. The van der Waals surface area contributed by atoms with E-state index in [1.807, 2.05) is 11.3 Å². The molecule has 1 heterocycles. The average molecular weight is 288 g/mol. The molecule has 0 spiro atoms. The SMILES string of the molecule is CCNC(Cc1nc2ccccc2s1)C1(C)CCCC1. The highest BCUT2D eigenvalue weighted by atomic mass is 32.1. The molecule has 0 saturated heterocycles. The quantitative estimate of drug-likeness (QED) is 0.882. The molecule has 3 heteroatoms. The Kier molecular flexibility index (Phi) is 4.08. The van der Waals surface area contributed by atoms with Gasteiger partial charge in [0.2, 0.25) is 0 Å². The molecule has 2 nitrogen and oxygen atoms in total. The Labute approximate surface area is 125 Å². The van der Waals surface area contributed by atoms with E-state index >= 15 is 0 Å². The van der Waals surface area contributed by atoms with Gasteiger partial charge in [0.25, 0.3) is 0 Å². The fraction of sp³-hybridized carbons (Fsp3) is 0.588. The van der Waals surface area contributed by atoms with Gasteiger partial charge in [-0.1, -0.05) is 38.8 Å². The number of hydrogen-bond donors (Lipinski definition) is 1. The molecule has 1 aromatic carbocycles. The van der Waals surface area contributed by atoms with Crippen molar-refractivity contribution in [3.8, 4) is 0 Å².